The summed E-state index contributed by atoms with van der Waals surface area (Å²) >= 11 is 1.67. The average Bonchev–Trinajstić information content (AvgIpc) is 3.14. The quantitative estimate of drug-likeness (QED) is 0.713. The fourth-order valence-corrected chi connectivity index (χ4v) is 4.93. The molecule has 146 valence electrons. The lowest BCUT2D eigenvalue weighted by molar-refractivity contribution is -0.154. The van der Waals surface area contributed by atoms with Crippen molar-refractivity contribution >= 4 is 33.4 Å². The van der Waals surface area contributed by atoms with Gasteiger partial charge in [0, 0.05) is 12.0 Å². The van der Waals surface area contributed by atoms with Crippen molar-refractivity contribution in [1.29, 1.82) is 0 Å². The first-order valence-electron chi connectivity index (χ1n) is 9.93. The van der Waals surface area contributed by atoms with E-state index in [0.717, 1.165) is 53.7 Å². The lowest BCUT2D eigenvalue weighted by Crippen LogP contribution is -2.38. The van der Waals surface area contributed by atoms with Crippen molar-refractivity contribution in [3.05, 3.63) is 29.3 Å². The standard InChI is InChI=1S/C21H28N2O3S/c1-3-14(4-2)22-19(24)13-26-21(25)16-10-6-5-9-15(16)20-23-17-11-7-8-12-18(17)27-20/h7-8,11-12,14-16H,3-6,9-10,13H2,1-2H3,(H,22,24)/t15-,16+/m0/s1. The normalized spacial score (nSPS) is 20.0. The second kappa shape index (κ2) is 9.31. The lowest BCUT2D eigenvalue weighted by Gasteiger charge is -2.28. The molecule has 6 heteroatoms. The molecule has 1 aromatic heterocycles. The fourth-order valence-electron chi connectivity index (χ4n) is 3.76. The van der Waals surface area contributed by atoms with Crippen LogP contribution in [0.2, 0.25) is 0 Å². The molecule has 0 radical (unpaired) electrons. The number of carbonyl (C=O) groups is 2. The fraction of sp³-hybridized carbons (Fsp3) is 0.571. The van der Waals surface area contributed by atoms with E-state index in [1.54, 1.807) is 11.3 Å². The van der Waals surface area contributed by atoms with E-state index in [1.807, 2.05) is 32.0 Å². The monoisotopic (exact) mass is 388 g/mol. The summed E-state index contributed by atoms with van der Waals surface area (Å²) in [5.41, 5.74) is 0.986. The van der Waals surface area contributed by atoms with Crippen LogP contribution in [0, 0.1) is 5.92 Å². The van der Waals surface area contributed by atoms with Gasteiger partial charge in [0.15, 0.2) is 6.61 Å². The molecule has 1 saturated carbocycles. The van der Waals surface area contributed by atoms with E-state index in [0.29, 0.717) is 0 Å². The molecule has 1 fully saturated rings. The van der Waals surface area contributed by atoms with Crippen molar-refractivity contribution in [2.24, 2.45) is 5.92 Å². The number of benzene rings is 1. The molecule has 27 heavy (non-hydrogen) atoms. The summed E-state index contributed by atoms with van der Waals surface area (Å²) in [4.78, 5) is 29.5. The molecule has 1 N–H and O–H groups in total. The highest BCUT2D eigenvalue weighted by Gasteiger charge is 2.35. The summed E-state index contributed by atoms with van der Waals surface area (Å²) in [6.45, 7) is 3.87. The molecule has 5 nitrogen and oxygen atoms in total. The number of amides is 1. The van der Waals surface area contributed by atoms with Gasteiger partial charge in [0.1, 0.15) is 0 Å². The molecular formula is C21H28N2O3S. The van der Waals surface area contributed by atoms with Crippen molar-refractivity contribution in [3.63, 3.8) is 0 Å². The maximum Gasteiger partial charge on any atom is 0.310 e. The van der Waals surface area contributed by atoms with Gasteiger partial charge < -0.3 is 10.1 Å². The predicted molar refractivity (Wildman–Crippen MR) is 108 cm³/mol. The van der Waals surface area contributed by atoms with Gasteiger partial charge in [-0.05, 0) is 37.8 Å². The first-order chi connectivity index (χ1) is 13.1. The number of thiazole rings is 1. The van der Waals surface area contributed by atoms with Gasteiger partial charge in [-0.3, -0.25) is 9.59 Å². The van der Waals surface area contributed by atoms with Gasteiger partial charge in [0.2, 0.25) is 0 Å². The summed E-state index contributed by atoms with van der Waals surface area (Å²) in [6.07, 6.45) is 5.60. The van der Waals surface area contributed by atoms with Crippen LogP contribution in [0.25, 0.3) is 10.2 Å². The van der Waals surface area contributed by atoms with E-state index < -0.39 is 0 Å². The number of rotatable bonds is 7. The van der Waals surface area contributed by atoms with Crippen LogP contribution in [0.4, 0.5) is 0 Å². The highest BCUT2D eigenvalue weighted by molar-refractivity contribution is 7.18. The minimum Gasteiger partial charge on any atom is -0.455 e. The molecule has 3 rings (SSSR count). The third kappa shape index (κ3) is 4.86. The van der Waals surface area contributed by atoms with Gasteiger partial charge in [-0.1, -0.05) is 38.8 Å². The van der Waals surface area contributed by atoms with Crippen LogP contribution in [0.5, 0.6) is 0 Å². The van der Waals surface area contributed by atoms with Crippen LogP contribution in [0.3, 0.4) is 0 Å². The highest BCUT2D eigenvalue weighted by Crippen LogP contribution is 2.41. The van der Waals surface area contributed by atoms with Crippen LogP contribution in [-0.2, 0) is 14.3 Å². The zero-order chi connectivity index (χ0) is 19.2. The Morgan fingerprint density at radius 2 is 1.96 bits per heavy atom. The van der Waals surface area contributed by atoms with Crippen molar-refractivity contribution in [2.45, 2.75) is 64.3 Å². The Balaban J connectivity index is 1.64. The third-order valence-corrected chi connectivity index (χ3v) is 6.56. The van der Waals surface area contributed by atoms with Crippen molar-refractivity contribution < 1.29 is 14.3 Å². The number of esters is 1. The maximum absolute atomic E-state index is 12.7. The van der Waals surface area contributed by atoms with E-state index in [1.165, 1.54) is 0 Å². The number of nitrogens with zero attached hydrogens (tertiary/aromatic N) is 1. The van der Waals surface area contributed by atoms with Gasteiger partial charge in [-0.15, -0.1) is 11.3 Å². The number of para-hydroxylation sites is 1. The smallest absolute Gasteiger partial charge is 0.310 e. The number of carbonyl (C=O) groups excluding carboxylic acids is 2. The molecule has 1 heterocycles. The van der Waals surface area contributed by atoms with Gasteiger partial charge in [0.05, 0.1) is 21.1 Å². The number of fused-ring (bicyclic) bond motifs is 1. The molecule has 0 bridgehead atoms. The number of ether oxygens (including phenoxy) is 1. The van der Waals surface area contributed by atoms with Crippen LogP contribution in [0.1, 0.15) is 63.3 Å². The summed E-state index contributed by atoms with van der Waals surface area (Å²) in [5, 5.41) is 3.92. The SMILES string of the molecule is CCC(CC)NC(=O)COC(=O)[C@@H]1CCCC[C@@H]1c1nc2ccccc2s1. The lowest BCUT2D eigenvalue weighted by atomic mass is 9.79. The molecule has 2 aromatic rings. The Kier molecular flexibility index (Phi) is 6.83. The van der Waals surface area contributed by atoms with Gasteiger partial charge in [-0.2, -0.15) is 0 Å². The predicted octanol–water partition coefficient (Wildman–Crippen LogP) is 4.42. The molecule has 0 spiro atoms. The topological polar surface area (TPSA) is 68.3 Å². The zero-order valence-electron chi connectivity index (χ0n) is 16.1. The maximum atomic E-state index is 12.7. The first-order valence-corrected chi connectivity index (χ1v) is 10.8. The van der Waals surface area contributed by atoms with Gasteiger partial charge >= 0.3 is 5.97 Å². The molecule has 0 saturated heterocycles. The van der Waals surface area contributed by atoms with Crippen LogP contribution in [0.15, 0.2) is 24.3 Å². The van der Waals surface area contributed by atoms with E-state index in [9.17, 15) is 9.59 Å². The summed E-state index contributed by atoms with van der Waals surface area (Å²) in [5.74, 6) is -0.603. The number of hydrogen-bond donors (Lipinski definition) is 1. The minimum atomic E-state index is -0.265. The van der Waals surface area contributed by atoms with Gasteiger partial charge in [-0.25, -0.2) is 4.98 Å². The largest absolute Gasteiger partial charge is 0.455 e. The Morgan fingerprint density at radius 1 is 1.22 bits per heavy atom. The molecule has 0 unspecified atom stereocenters. The first kappa shape index (κ1) is 19.8. The Morgan fingerprint density at radius 3 is 2.70 bits per heavy atom. The second-order valence-corrected chi connectivity index (χ2v) is 8.27. The van der Waals surface area contributed by atoms with Gasteiger partial charge in [0.25, 0.3) is 5.91 Å². The molecular weight excluding hydrogens is 360 g/mol. The zero-order valence-corrected chi connectivity index (χ0v) is 16.9. The molecule has 1 aliphatic rings. The van der Waals surface area contributed by atoms with Crippen LogP contribution >= 0.6 is 11.3 Å². The van der Waals surface area contributed by atoms with E-state index in [4.69, 9.17) is 9.72 Å². The molecule has 1 aromatic carbocycles. The molecule has 1 amide bonds. The summed E-state index contributed by atoms with van der Waals surface area (Å²) in [7, 11) is 0. The molecule has 1 aliphatic carbocycles. The van der Waals surface area contributed by atoms with E-state index in [2.05, 4.69) is 11.4 Å². The second-order valence-electron chi connectivity index (χ2n) is 7.21. The average molecular weight is 389 g/mol. The van der Waals surface area contributed by atoms with E-state index in [-0.39, 0.29) is 36.4 Å². The summed E-state index contributed by atoms with van der Waals surface area (Å²) in [6, 6.07) is 8.20. The summed E-state index contributed by atoms with van der Waals surface area (Å²) < 4.78 is 6.53. The number of nitrogens with one attached hydrogen (secondary N) is 1. The molecule has 2 atom stereocenters. The van der Waals surface area contributed by atoms with Crippen molar-refractivity contribution in [2.75, 3.05) is 6.61 Å². The number of aromatic nitrogens is 1. The highest BCUT2D eigenvalue weighted by atomic mass is 32.1. The Labute approximate surface area is 164 Å². The Hall–Kier alpha value is -1.95. The van der Waals surface area contributed by atoms with E-state index >= 15 is 0 Å². The third-order valence-electron chi connectivity index (χ3n) is 5.39. The Bertz CT molecular complexity index is 752. The van der Waals surface area contributed by atoms with Crippen LogP contribution < -0.4 is 5.32 Å². The number of hydrogen-bond acceptors (Lipinski definition) is 5. The van der Waals surface area contributed by atoms with Crippen LogP contribution in [-0.4, -0.2) is 29.5 Å². The minimum absolute atomic E-state index is 0.0887. The van der Waals surface area contributed by atoms with Crippen molar-refractivity contribution in [1.82, 2.24) is 10.3 Å². The van der Waals surface area contributed by atoms with Crippen molar-refractivity contribution in [3.8, 4) is 0 Å². The molecule has 0 aliphatic heterocycles.